The second-order valence-electron chi connectivity index (χ2n) is 12.5. The summed E-state index contributed by atoms with van der Waals surface area (Å²) in [5, 5.41) is 21.3. The summed E-state index contributed by atoms with van der Waals surface area (Å²) < 4.78 is 6.87. The number of aromatic nitrogens is 3. The molecule has 0 saturated heterocycles. The van der Waals surface area contributed by atoms with E-state index in [0.29, 0.717) is 22.7 Å². The van der Waals surface area contributed by atoms with E-state index in [1.54, 1.807) is 12.3 Å². The summed E-state index contributed by atoms with van der Waals surface area (Å²) in [6.45, 7) is 12.8. The number of alkyl carbamates (subject to hydrolysis) is 1. The van der Waals surface area contributed by atoms with Crippen LogP contribution in [0.3, 0.4) is 0 Å². The number of benzene rings is 1. The molecule has 1 fully saturated rings. The number of nitrogens with zero attached hydrogens (tertiary/aromatic N) is 4. The van der Waals surface area contributed by atoms with E-state index in [0.717, 1.165) is 25.7 Å². The minimum absolute atomic E-state index is 0.0250. The molecule has 1 aromatic carbocycles. The van der Waals surface area contributed by atoms with E-state index in [9.17, 15) is 19.5 Å². The van der Waals surface area contributed by atoms with Gasteiger partial charge in [-0.05, 0) is 98.4 Å². The van der Waals surface area contributed by atoms with Gasteiger partial charge in [0.05, 0.1) is 23.0 Å². The molecule has 0 radical (unpaired) electrons. The number of fused-ring (bicyclic) bond motifs is 1. The third-order valence-corrected chi connectivity index (χ3v) is 6.66. The van der Waals surface area contributed by atoms with Gasteiger partial charge < -0.3 is 20.5 Å². The molecule has 3 N–H and O–H groups in total. The zero-order valence-electron chi connectivity index (χ0n) is 25.2. The third-order valence-electron chi connectivity index (χ3n) is 6.66. The maximum Gasteiger partial charge on any atom is 0.407 e. The number of carbonyl (C=O) groups is 3. The van der Waals surface area contributed by atoms with Crippen molar-refractivity contribution in [2.24, 2.45) is 0 Å². The van der Waals surface area contributed by atoms with Gasteiger partial charge in [0, 0.05) is 23.7 Å². The summed E-state index contributed by atoms with van der Waals surface area (Å²) in [5.41, 5.74) is 0.528. The molecule has 2 amide bonds. The number of nitrogens with one attached hydrogen (secondary N) is 2. The zero-order valence-corrected chi connectivity index (χ0v) is 25.2. The number of rotatable bonds is 7. The molecule has 0 bridgehead atoms. The molecule has 1 aliphatic rings. The van der Waals surface area contributed by atoms with Gasteiger partial charge in [-0.2, -0.15) is 10.2 Å². The number of amides is 2. The minimum Gasteiger partial charge on any atom is -0.478 e. The lowest BCUT2D eigenvalue weighted by molar-refractivity contribution is -0.0161. The van der Waals surface area contributed by atoms with Gasteiger partial charge in [0.2, 0.25) is 0 Å². The zero-order chi connectivity index (χ0) is 30.8. The number of carbonyl (C=O) groups excluding carboxylic acids is 2. The first-order chi connectivity index (χ1) is 19.6. The summed E-state index contributed by atoms with van der Waals surface area (Å²) in [6, 6.07) is 7.75. The van der Waals surface area contributed by atoms with Crippen molar-refractivity contribution in [1.82, 2.24) is 19.9 Å². The number of anilines is 2. The van der Waals surface area contributed by atoms with Gasteiger partial charge in [-0.3, -0.25) is 9.63 Å². The number of ether oxygens (including phenoxy) is 1. The number of carboxylic acids is 1. The Labute approximate surface area is 245 Å². The van der Waals surface area contributed by atoms with Crippen LogP contribution in [0, 0.1) is 6.92 Å². The van der Waals surface area contributed by atoms with E-state index in [4.69, 9.17) is 14.6 Å². The Morgan fingerprint density at radius 2 is 1.57 bits per heavy atom. The molecular weight excluding hydrogens is 540 g/mol. The largest absolute Gasteiger partial charge is 0.478 e. The molecule has 0 atom stereocenters. The lowest BCUT2D eigenvalue weighted by Crippen LogP contribution is -2.42. The van der Waals surface area contributed by atoms with Crippen LogP contribution in [0.5, 0.6) is 0 Å². The molecule has 1 saturated carbocycles. The predicted octanol–water partition coefficient (Wildman–Crippen LogP) is 5.36. The van der Waals surface area contributed by atoms with Gasteiger partial charge in [-0.15, -0.1) is 0 Å². The summed E-state index contributed by atoms with van der Waals surface area (Å²) in [5.74, 6) is -0.980. The lowest BCUT2D eigenvalue weighted by Gasteiger charge is -2.32. The van der Waals surface area contributed by atoms with Crippen LogP contribution < -0.4 is 15.7 Å². The second-order valence-corrected chi connectivity index (χ2v) is 12.5. The van der Waals surface area contributed by atoms with E-state index in [1.165, 1.54) is 33.8 Å². The van der Waals surface area contributed by atoms with Crippen molar-refractivity contribution < 1.29 is 29.1 Å². The minimum atomic E-state index is -1.07. The van der Waals surface area contributed by atoms with E-state index >= 15 is 0 Å². The normalized spacial score (nSPS) is 17.5. The molecule has 1 aliphatic carbocycles. The molecule has 0 unspecified atom stereocenters. The van der Waals surface area contributed by atoms with Gasteiger partial charge in [-0.25, -0.2) is 19.1 Å². The van der Waals surface area contributed by atoms with Crippen LogP contribution in [0.4, 0.5) is 16.3 Å². The maximum atomic E-state index is 14.2. The van der Waals surface area contributed by atoms with Crippen molar-refractivity contribution in [3.63, 3.8) is 0 Å². The Bertz CT molecular complexity index is 1450. The predicted molar refractivity (Wildman–Crippen MR) is 158 cm³/mol. The molecule has 2 heterocycles. The average Bonchev–Trinajstić information content (AvgIpc) is 3.35. The van der Waals surface area contributed by atoms with Crippen LogP contribution in [-0.2, 0) is 9.57 Å². The highest BCUT2D eigenvalue weighted by Gasteiger charge is 2.31. The van der Waals surface area contributed by atoms with Crippen LogP contribution in [0.25, 0.3) is 5.65 Å². The number of hydroxylamine groups is 1. The number of aromatic carboxylic acids is 1. The van der Waals surface area contributed by atoms with Crippen molar-refractivity contribution in [3.05, 3.63) is 53.3 Å². The average molecular weight is 581 g/mol. The Kier molecular flexibility index (Phi) is 8.76. The first-order valence-electron chi connectivity index (χ1n) is 14.1. The smallest absolute Gasteiger partial charge is 0.407 e. The van der Waals surface area contributed by atoms with Crippen LogP contribution in [0.2, 0.25) is 0 Å². The third kappa shape index (κ3) is 7.55. The van der Waals surface area contributed by atoms with Gasteiger partial charge >= 0.3 is 18.0 Å². The molecule has 0 aliphatic heterocycles. The van der Waals surface area contributed by atoms with Crippen LogP contribution in [0.1, 0.15) is 93.6 Å². The van der Waals surface area contributed by atoms with Crippen LogP contribution in [0.15, 0.2) is 36.5 Å². The van der Waals surface area contributed by atoms with Gasteiger partial charge in [0.15, 0.2) is 5.65 Å². The molecule has 3 aromatic rings. The number of carboxylic acid groups (broad SMARTS) is 1. The second kappa shape index (κ2) is 12.0. The quantitative estimate of drug-likeness (QED) is 0.314. The summed E-state index contributed by atoms with van der Waals surface area (Å²) in [7, 11) is 0. The van der Waals surface area contributed by atoms with E-state index in [1.807, 2.05) is 48.5 Å². The first-order valence-corrected chi connectivity index (χ1v) is 14.1. The molecule has 2 aromatic heterocycles. The van der Waals surface area contributed by atoms with Crippen LogP contribution in [-0.4, -0.2) is 61.0 Å². The highest BCUT2D eigenvalue weighted by Crippen LogP contribution is 2.29. The van der Waals surface area contributed by atoms with Crippen molar-refractivity contribution in [2.75, 3.05) is 10.4 Å². The molecule has 226 valence electrons. The molecule has 0 spiro atoms. The maximum absolute atomic E-state index is 14.2. The first kappa shape index (κ1) is 30.8. The van der Waals surface area contributed by atoms with E-state index in [-0.39, 0.29) is 23.3 Å². The lowest BCUT2D eigenvalue weighted by atomic mass is 9.91. The van der Waals surface area contributed by atoms with Crippen molar-refractivity contribution in [2.45, 2.75) is 97.4 Å². The van der Waals surface area contributed by atoms with E-state index < -0.39 is 29.2 Å². The fraction of sp³-hybridized carbons (Fsp3) is 0.500. The number of hydrogen-bond donors (Lipinski definition) is 3. The van der Waals surface area contributed by atoms with Crippen molar-refractivity contribution in [3.8, 4) is 0 Å². The summed E-state index contributed by atoms with van der Waals surface area (Å²) >= 11 is 0. The topological polar surface area (TPSA) is 147 Å². The fourth-order valence-electron chi connectivity index (χ4n) is 4.78. The SMILES string of the molecule is Cc1c(NC2CCC(NC(=O)OC(C)(C)C)CC2)nc2ccnn2c1C(=O)N(OC(C)(C)C)c1ccc(C(=O)O)cc1. The Balaban J connectivity index is 1.58. The van der Waals surface area contributed by atoms with Gasteiger partial charge in [0.25, 0.3) is 0 Å². The summed E-state index contributed by atoms with van der Waals surface area (Å²) in [6.07, 6.45) is 4.30. The molecule has 12 nitrogen and oxygen atoms in total. The van der Waals surface area contributed by atoms with Gasteiger partial charge in [0.1, 0.15) is 17.1 Å². The molecular formula is C30H40N6O6. The molecule has 42 heavy (non-hydrogen) atoms. The summed E-state index contributed by atoms with van der Waals surface area (Å²) in [4.78, 5) is 48.6. The van der Waals surface area contributed by atoms with E-state index in [2.05, 4.69) is 15.7 Å². The van der Waals surface area contributed by atoms with Crippen LogP contribution >= 0.6 is 0 Å². The van der Waals surface area contributed by atoms with Crippen molar-refractivity contribution >= 4 is 35.1 Å². The highest BCUT2D eigenvalue weighted by atomic mass is 16.7. The Hall–Kier alpha value is -4.19. The number of hydrogen-bond acceptors (Lipinski definition) is 8. The van der Waals surface area contributed by atoms with Crippen molar-refractivity contribution in [1.29, 1.82) is 0 Å². The van der Waals surface area contributed by atoms with Gasteiger partial charge in [-0.1, -0.05) is 0 Å². The highest BCUT2D eigenvalue weighted by molar-refractivity contribution is 6.05. The monoisotopic (exact) mass is 580 g/mol. The molecule has 12 heteroatoms. The standard InChI is InChI=1S/C30H40N6O6/c1-18-24(26(37)36(42-30(5,6)7)22-14-8-19(9-15-22)27(38)39)35-23(16-17-31-35)34-25(18)32-20-10-12-21(13-11-20)33-28(40)41-29(2,3)4/h8-9,14-17,20-21H,10-13H2,1-7H3,(H,32,34)(H,33,40)(H,38,39). The Morgan fingerprint density at radius 3 is 2.14 bits per heavy atom. The molecule has 4 rings (SSSR count). The Morgan fingerprint density at radius 1 is 0.952 bits per heavy atom. The fourth-order valence-corrected chi connectivity index (χ4v) is 4.78.